The quantitative estimate of drug-likeness (QED) is 0.880. The van der Waals surface area contributed by atoms with E-state index in [1.165, 1.54) is 0 Å². The van der Waals surface area contributed by atoms with Gasteiger partial charge in [-0.25, -0.2) is 0 Å². The number of hydrogen-bond donors (Lipinski definition) is 1. The number of halogens is 1. The Balaban J connectivity index is 2.01. The molecule has 0 aliphatic carbocycles. The van der Waals surface area contributed by atoms with Gasteiger partial charge in [-0.3, -0.25) is 0 Å². The van der Waals surface area contributed by atoms with Crippen LogP contribution in [0, 0.1) is 0 Å². The molecule has 2 N–H and O–H groups in total. The molecule has 2 unspecified atom stereocenters. The molecular formula is C12H16ClNO2. The van der Waals surface area contributed by atoms with Crippen molar-refractivity contribution < 1.29 is 9.47 Å². The molecule has 0 radical (unpaired) electrons. The van der Waals surface area contributed by atoms with Gasteiger partial charge in [-0.1, -0.05) is 23.7 Å². The lowest BCUT2D eigenvalue weighted by Gasteiger charge is -2.23. The molecule has 0 amide bonds. The minimum atomic E-state index is -0.558. The van der Waals surface area contributed by atoms with Crippen LogP contribution >= 0.6 is 11.6 Å². The summed E-state index contributed by atoms with van der Waals surface area (Å²) in [5, 5.41) is 0.738. The molecule has 0 aromatic heterocycles. The molecule has 2 atom stereocenters. The summed E-state index contributed by atoms with van der Waals surface area (Å²) in [6, 6.07) is 7.71. The van der Waals surface area contributed by atoms with E-state index in [2.05, 4.69) is 0 Å². The van der Waals surface area contributed by atoms with E-state index in [0.717, 1.165) is 10.6 Å². The summed E-state index contributed by atoms with van der Waals surface area (Å²) in [5.41, 5.74) is 6.69. The predicted octanol–water partition coefficient (Wildman–Crippen LogP) is 1.97. The second-order valence-electron chi connectivity index (χ2n) is 4.22. The number of hydrogen-bond acceptors (Lipinski definition) is 3. The first-order chi connectivity index (χ1) is 7.61. The van der Waals surface area contributed by atoms with E-state index < -0.39 is 5.79 Å². The molecule has 2 rings (SSSR count). The molecule has 16 heavy (non-hydrogen) atoms. The molecule has 1 saturated heterocycles. The summed E-state index contributed by atoms with van der Waals surface area (Å²) in [5.74, 6) is -0.558. The minimum Gasteiger partial charge on any atom is -0.347 e. The van der Waals surface area contributed by atoms with Crippen LogP contribution in [-0.4, -0.2) is 25.0 Å². The standard InChI is InChI=1S/C12H16ClNO2/c1-12(15-8-11(7-14)16-12)6-9-2-4-10(13)5-3-9/h2-5,11H,6-8,14H2,1H3. The van der Waals surface area contributed by atoms with E-state index in [1.54, 1.807) is 0 Å². The lowest BCUT2D eigenvalue weighted by Crippen LogP contribution is -2.31. The van der Waals surface area contributed by atoms with Crippen molar-refractivity contribution in [2.45, 2.75) is 25.2 Å². The summed E-state index contributed by atoms with van der Waals surface area (Å²) in [6.07, 6.45) is 0.720. The van der Waals surface area contributed by atoms with E-state index >= 15 is 0 Å². The molecule has 88 valence electrons. The van der Waals surface area contributed by atoms with Gasteiger partial charge in [0.05, 0.1) is 12.7 Å². The highest BCUT2D eigenvalue weighted by molar-refractivity contribution is 6.30. The molecule has 0 saturated carbocycles. The van der Waals surface area contributed by atoms with E-state index in [-0.39, 0.29) is 6.10 Å². The van der Waals surface area contributed by atoms with E-state index in [1.807, 2.05) is 31.2 Å². The van der Waals surface area contributed by atoms with Gasteiger partial charge in [0, 0.05) is 18.0 Å². The molecule has 0 bridgehead atoms. The van der Waals surface area contributed by atoms with Crippen LogP contribution in [-0.2, 0) is 15.9 Å². The molecule has 0 spiro atoms. The Hall–Kier alpha value is -0.610. The van der Waals surface area contributed by atoms with Crippen molar-refractivity contribution in [2.24, 2.45) is 5.73 Å². The zero-order valence-corrected chi connectivity index (χ0v) is 10.0. The van der Waals surface area contributed by atoms with E-state index in [0.29, 0.717) is 19.6 Å². The Labute approximate surface area is 100 Å². The Kier molecular flexibility index (Phi) is 3.50. The van der Waals surface area contributed by atoms with Crippen molar-refractivity contribution in [1.82, 2.24) is 0 Å². The van der Waals surface area contributed by atoms with Crippen LogP contribution in [0.5, 0.6) is 0 Å². The SMILES string of the molecule is CC1(Cc2ccc(Cl)cc2)OCC(CN)O1. The zero-order valence-electron chi connectivity index (χ0n) is 9.28. The number of nitrogens with two attached hydrogens (primary N) is 1. The highest BCUT2D eigenvalue weighted by atomic mass is 35.5. The first kappa shape index (κ1) is 11.9. The van der Waals surface area contributed by atoms with Crippen LogP contribution < -0.4 is 5.73 Å². The smallest absolute Gasteiger partial charge is 0.170 e. The first-order valence-corrected chi connectivity index (χ1v) is 5.75. The third-order valence-electron chi connectivity index (χ3n) is 2.69. The predicted molar refractivity (Wildman–Crippen MR) is 63.4 cm³/mol. The maximum atomic E-state index is 5.83. The second-order valence-corrected chi connectivity index (χ2v) is 4.66. The van der Waals surface area contributed by atoms with Crippen molar-refractivity contribution in [2.75, 3.05) is 13.2 Å². The molecule has 1 fully saturated rings. The monoisotopic (exact) mass is 241 g/mol. The van der Waals surface area contributed by atoms with Crippen molar-refractivity contribution in [1.29, 1.82) is 0 Å². The van der Waals surface area contributed by atoms with Crippen molar-refractivity contribution in [3.8, 4) is 0 Å². The third-order valence-corrected chi connectivity index (χ3v) is 2.94. The maximum absolute atomic E-state index is 5.83. The molecule has 3 nitrogen and oxygen atoms in total. The lowest BCUT2D eigenvalue weighted by molar-refractivity contribution is -0.151. The van der Waals surface area contributed by atoms with Gasteiger partial charge >= 0.3 is 0 Å². The molecule has 1 aromatic rings. The molecule has 1 aliphatic heterocycles. The summed E-state index contributed by atoms with van der Waals surface area (Å²) in [6.45, 7) is 3.01. The van der Waals surface area contributed by atoms with E-state index in [4.69, 9.17) is 26.8 Å². The number of benzene rings is 1. The van der Waals surface area contributed by atoms with Gasteiger partial charge in [0.15, 0.2) is 5.79 Å². The van der Waals surface area contributed by atoms with Crippen LogP contribution in [0.4, 0.5) is 0 Å². The average Bonchev–Trinajstić information content (AvgIpc) is 2.64. The Bertz CT molecular complexity index is 355. The van der Waals surface area contributed by atoms with Crippen molar-refractivity contribution in [3.63, 3.8) is 0 Å². The van der Waals surface area contributed by atoms with Crippen LogP contribution in [0.3, 0.4) is 0 Å². The molecular weight excluding hydrogens is 226 g/mol. The Morgan fingerprint density at radius 1 is 1.44 bits per heavy atom. The van der Waals surface area contributed by atoms with E-state index in [9.17, 15) is 0 Å². The largest absolute Gasteiger partial charge is 0.347 e. The Morgan fingerprint density at radius 3 is 2.69 bits per heavy atom. The van der Waals surface area contributed by atoms with Crippen LogP contribution in [0.15, 0.2) is 24.3 Å². The topological polar surface area (TPSA) is 44.5 Å². The zero-order chi connectivity index (χ0) is 11.6. The van der Waals surface area contributed by atoms with Gasteiger partial charge in [-0.05, 0) is 24.6 Å². The van der Waals surface area contributed by atoms with Gasteiger partial charge in [-0.2, -0.15) is 0 Å². The van der Waals surface area contributed by atoms with Crippen molar-refractivity contribution >= 4 is 11.6 Å². The summed E-state index contributed by atoms with van der Waals surface area (Å²) >= 11 is 5.83. The highest BCUT2D eigenvalue weighted by Crippen LogP contribution is 2.27. The fourth-order valence-electron chi connectivity index (χ4n) is 1.87. The highest BCUT2D eigenvalue weighted by Gasteiger charge is 2.36. The van der Waals surface area contributed by atoms with Crippen molar-refractivity contribution in [3.05, 3.63) is 34.9 Å². The third kappa shape index (κ3) is 2.74. The fraction of sp³-hybridized carbons (Fsp3) is 0.500. The first-order valence-electron chi connectivity index (χ1n) is 5.37. The summed E-state index contributed by atoms with van der Waals surface area (Å²) in [7, 11) is 0. The second kappa shape index (κ2) is 4.72. The normalized spacial score (nSPS) is 29.6. The van der Waals surface area contributed by atoms with Gasteiger partial charge in [0.2, 0.25) is 0 Å². The lowest BCUT2D eigenvalue weighted by atomic mass is 10.1. The van der Waals surface area contributed by atoms with Crippen LogP contribution in [0.2, 0.25) is 5.02 Å². The summed E-state index contributed by atoms with van der Waals surface area (Å²) < 4.78 is 11.4. The maximum Gasteiger partial charge on any atom is 0.170 e. The fourth-order valence-corrected chi connectivity index (χ4v) is 2.00. The Morgan fingerprint density at radius 2 is 2.12 bits per heavy atom. The average molecular weight is 242 g/mol. The molecule has 1 aromatic carbocycles. The van der Waals surface area contributed by atoms with Gasteiger partial charge in [0.25, 0.3) is 0 Å². The number of ether oxygens (including phenoxy) is 2. The van der Waals surface area contributed by atoms with Gasteiger partial charge in [-0.15, -0.1) is 0 Å². The molecule has 1 aliphatic rings. The summed E-state index contributed by atoms with van der Waals surface area (Å²) in [4.78, 5) is 0. The van der Waals surface area contributed by atoms with Crippen LogP contribution in [0.25, 0.3) is 0 Å². The molecule has 1 heterocycles. The van der Waals surface area contributed by atoms with Crippen LogP contribution in [0.1, 0.15) is 12.5 Å². The number of rotatable bonds is 3. The van der Waals surface area contributed by atoms with Gasteiger partial charge in [0.1, 0.15) is 0 Å². The minimum absolute atomic E-state index is 0.0114. The molecule has 4 heteroatoms. The van der Waals surface area contributed by atoms with Gasteiger partial charge < -0.3 is 15.2 Å².